The average molecular weight is 487 g/mol. The number of halogens is 1. The molecule has 3 aliphatic heterocycles. The van der Waals surface area contributed by atoms with E-state index >= 15 is 0 Å². The molecule has 5 rings (SSSR count). The van der Waals surface area contributed by atoms with Crippen molar-refractivity contribution < 1.29 is 33.6 Å². The molecule has 3 heterocycles. The van der Waals surface area contributed by atoms with Gasteiger partial charge in [-0.2, -0.15) is 0 Å². The van der Waals surface area contributed by atoms with E-state index in [1.165, 1.54) is 0 Å². The van der Waals surface area contributed by atoms with E-state index in [2.05, 4.69) is 15.9 Å². The summed E-state index contributed by atoms with van der Waals surface area (Å²) < 4.78 is 28.5. The maximum atomic E-state index is 13.6. The zero-order chi connectivity index (χ0) is 21.9. The number of aliphatic hydroxyl groups is 1. The Morgan fingerprint density at radius 3 is 2.61 bits per heavy atom. The van der Waals surface area contributed by atoms with E-state index < -0.39 is 16.3 Å². The fourth-order valence-electron chi connectivity index (χ4n) is 4.50. The van der Waals surface area contributed by atoms with E-state index in [0.29, 0.717) is 40.7 Å². The second kappa shape index (κ2) is 7.31. The molecule has 31 heavy (non-hydrogen) atoms. The number of ketones is 1. The van der Waals surface area contributed by atoms with Gasteiger partial charge in [-0.15, -0.1) is 0 Å². The Balaban J connectivity index is 1.55. The Hall–Kier alpha value is -2.45. The third kappa shape index (κ3) is 3.07. The van der Waals surface area contributed by atoms with Crippen molar-refractivity contribution in [3.63, 3.8) is 0 Å². The predicted molar refractivity (Wildman–Crippen MR) is 116 cm³/mol. The molecule has 0 saturated carbocycles. The number of fused-ring (bicyclic) bond motifs is 6. The molecule has 0 spiro atoms. The van der Waals surface area contributed by atoms with Gasteiger partial charge in [-0.05, 0) is 25.1 Å². The molecule has 3 aliphatic rings. The van der Waals surface area contributed by atoms with Gasteiger partial charge in [-0.1, -0.05) is 15.9 Å². The molecule has 1 N–H and O–H groups in total. The summed E-state index contributed by atoms with van der Waals surface area (Å²) in [5.74, 6) is 2.41. The number of alkyl halides is 1. The molecule has 7 nitrogen and oxygen atoms in total. The van der Waals surface area contributed by atoms with Gasteiger partial charge in [0, 0.05) is 23.6 Å². The van der Waals surface area contributed by atoms with Crippen molar-refractivity contribution in [1.29, 1.82) is 0 Å². The van der Waals surface area contributed by atoms with Gasteiger partial charge in [0.05, 0.1) is 36.6 Å². The first-order valence-corrected chi connectivity index (χ1v) is 10.9. The SMILES string of the molecule is COc1cc2c(cc1OC)[C@@H]1C(=O)c3ccc4c(c3O[C@@H]1CO2)C[C@H]([C@](C)([76Br])CO)O4. The van der Waals surface area contributed by atoms with E-state index in [1.807, 2.05) is 13.0 Å². The minimum atomic E-state index is -0.595. The van der Waals surface area contributed by atoms with Crippen LogP contribution in [0.25, 0.3) is 0 Å². The van der Waals surface area contributed by atoms with Crippen molar-refractivity contribution in [2.24, 2.45) is 0 Å². The molecule has 0 unspecified atom stereocenters. The summed E-state index contributed by atoms with van der Waals surface area (Å²) in [7, 11) is 3.12. The Morgan fingerprint density at radius 1 is 1.16 bits per heavy atom. The van der Waals surface area contributed by atoms with E-state index in [4.69, 9.17) is 23.7 Å². The normalized spacial score (nSPS) is 24.9. The molecule has 164 valence electrons. The summed E-state index contributed by atoms with van der Waals surface area (Å²) in [4.78, 5) is 13.6. The maximum absolute atomic E-state index is 13.6. The van der Waals surface area contributed by atoms with Crippen LogP contribution in [0.5, 0.6) is 28.7 Å². The van der Waals surface area contributed by atoms with Crippen molar-refractivity contribution >= 4 is 21.7 Å². The Bertz CT molecular complexity index is 1060. The van der Waals surface area contributed by atoms with E-state index in [0.717, 1.165) is 11.1 Å². The summed E-state index contributed by atoms with van der Waals surface area (Å²) >= 11 is 3.55. The third-order valence-corrected chi connectivity index (χ3v) is 7.06. The Morgan fingerprint density at radius 2 is 1.90 bits per heavy atom. The number of benzene rings is 2. The fourth-order valence-corrected chi connectivity index (χ4v) is 4.76. The van der Waals surface area contributed by atoms with Crippen LogP contribution in [0.4, 0.5) is 0 Å². The molecule has 2 aromatic rings. The highest BCUT2D eigenvalue weighted by Crippen LogP contribution is 2.50. The van der Waals surface area contributed by atoms with Crippen molar-refractivity contribution in [3.05, 3.63) is 41.0 Å². The zero-order valence-corrected chi connectivity index (χ0v) is 19.0. The molecule has 0 aliphatic carbocycles. The molecule has 0 aromatic heterocycles. The smallest absolute Gasteiger partial charge is 0.178 e. The largest absolute Gasteiger partial charge is 0.493 e. The van der Waals surface area contributed by atoms with E-state index in [1.54, 1.807) is 32.4 Å². The van der Waals surface area contributed by atoms with Gasteiger partial charge in [0.2, 0.25) is 0 Å². The van der Waals surface area contributed by atoms with Crippen molar-refractivity contribution in [2.45, 2.75) is 35.8 Å². The second-order valence-corrected chi connectivity index (χ2v) is 10.0. The molecular weight excluding hydrogens is 464 g/mol. The van der Waals surface area contributed by atoms with Crippen LogP contribution >= 0.6 is 15.9 Å². The second-order valence-electron chi connectivity index (χ2n) is 8.22. The molecule has 0 bridgehead atoms. The van der Waals surface area contributed by atoms with Crippen LogP contribution in [0.3, 0.4) is 0 Å². The number of ether oxygens (including phenoxy) is 5. The lowest BCUT2D eigenvalue weighted by atomic mass is 9.81. The number of methoxy groups -OCH3 is 2. The van der Waals surface area contributed by atoms with Gasteiger partial charge in [0.1, 0.15) is 36.1 Å². The van der Waals surface area contributed by atoms with Crippen LogP contribution in [0.1, 0.15) is 34.3 Å². The number of hydrogen-bond donors (Lipinski definition) is 1. The first kappa shape index (κ1) is 20.5. The van der Waals surface area contributed by atoms with Crippen LogP contribution in [0.15, 0.2) is 24.3 Å². The lowest BCUT2D eigenvalue weighted by Gasteiger charge is -2.37. The molecule has 0 radical (unpaired) electrons. The van der Waals surface area contributed by atoms with Gasteiger partial charge < -0.3 is 28.8 Å². The van der Waals surface area contributed by atoms with Gasteiger partial charge in [0.25, 0.3) is 0 Å². The highest BCUT2D eigenvalue weighted by Gasteiger charge is 2.47. The number of carbonyl (C=O) groups is 1. The number of carbonyl (C=O) groups excluding carboxylic acids is 1. The number of Topliss-reactive ketones (excluding diaryl/α,β-unsaturated/α-hetero) is 1. The summed E-state index contributed by atoms with van der Waals surface area (Å²) in [6.45, 7) is 2.05. The van der Waals surface area contributed by atoms with Crippen LogP contribution in [-0.2, 0) is 6.42 Å². The quantitative estimate of drug-likeness (QED) is 0.663. The van der Waals surface area contributed by atoms with Gasteiger partial charge >= 0.3 is 0 Å². The monoisotopic (exact) mass is 487 g/mol. The maximum Gasteiger partial charge on any atom is 0.178 e. The lowest BCUT2D eigenvalue weighted by molar-refractivity contribution is 0.0554. The first-order valence-electron chi connectivity index (χ1n) is 10.1. The number of hydrogen-bond acceptors (Lipinski definition) is 7. The van der Waals surface area contributed by atoms with Gasteiger partial charge in [-0.25, -0.2) is 0 Å². The third-order valence-electron chi connectivity index (χ3n) is 6.30. The Labute approximate surface area is 188 Å². The molecule has 0 amide bonds. The van der Waals surface area contributed by atoms with Crippen LogP contribution in [0, 0.1) is 0 Å². The standard InChI is InChI=1S/C23H23BrO7/c1-23(24,10-25)19-7-13-14(30-19)5-4-11-21(26)20-12-6-16(27-2)17(28-3)8-15(12)29-9-18(20)31-22(11)13/h4-6,8,18-20,25H,7,9-10H2,1-3H3/t18-,19-,20+,23-/m1/s1/i24-4. The zero-order valence-electron chi connectivity index (χ0n) is 17.4. The van der Waals surface area contributed by atoms with Crippen molar-refractivity contribution in [3.8, 4) is 28.7 Å². The molecule has 0 fully saturated rings. The molecule has 0 saturated heterocycles. The van der Waals surface area contributed by atoms with Crippen LogP contribution in [0.2, 0.25) is 0 Å². The summed E-state index contributed by atoms with van der Waals surface area (Å²) in [5.41, 5.74) is 2.12. The summed E-state index contributed by atoms with van der Waals surface area (Å²) in [6.07, 6.45) is -0.187. The topological polar surface area (TPSA) is 83.5 Å². The summed E-state index contributed by atoms with van der Waals surface area (Å²) in [5, 5.41) is 9.69. The average Bonchev–Trinajstić information content (AvgIpc) is 3.23. The van der Waals surface area contributed by atoms with E-state index in [-0.39, 0.29) is 25.1 Å². The number of aliphatic hydroxyl groups excluding tert-OH is 1. The van der Waals surface area contributed by atoms with Gasteiger partial charge in [0.15, 0.2) is 17.3 Å². The fraction of sp³-hybridized carbons (Fsp3) is 0.435. The van der Waals surface area contributed by atoms with Crippen molar-refractivity contribution in [2.75, 3.05) is 27.4 Å². The lowest BCUT2D eigenvalue weighted by Crippen LogP contribution is -2.43. The predicted octanol–water partition coefficient (Wildman–Crippen LogP) is 3.27. The van der Waals surface area contributed by atoms with Crippen LogP contribution < -0.4 is 23.7 Å². The molecule has 8 heteroatoms. The number of rotatable bonds is 4. The van der Waals surface area contributed by atoms with Crippen LogP contribution in [-0.4, -0.2) is 54.9 Å². The highest BCUT2D eigenvalue weighted by molar-refractivity contribution is 9.10. The molecular formula is C23H23BrO7. The van der Waals surface area contributed by atoms with E-state index in [9.17, 15) is 9.90 Å². The highest BCUT2D eigenvalue weighted by atomic mass is 75.9. The Kier molecular flexibility index (Phi) is 4.82. The summed E-state index contributed by atoms with van der Waals surface area (Å²) in [6, 6.07) is 7.11. The van der Waals surface area contributed by atoms with Gasteiger partial charge in [-0.3, -0.25) is 4.79 Å². The van der Waals surface area contributed by atoms with Crippen molar-refractivity contribution in [1.82, 2.24) is 0 Å². The first-order chi connectivity index (χ1) is 14.9. The molecule has 2 aromatic carbocycles. The minimum Gasteiger partial charge on any atom is -0.493 e. The minimum absolute atomic E-state index is 0.0157. The molecule has 4 atom stereocenters.